The molecule has 6 nitrogen and oxygen atoms in total. The van der Waals surface area contributed by atoms with E-state index in [-0.39, 0.29) is 17.9 Å². The normalized spacial score (nSPS) is 15.7. The Hall–Kier alpha value is -2.71. The van der Waals surface area contributed by atoms with Crippen LogP contribution in [0.1, 0.15) is 12.8 Å². The predicted octanol–water partition coefficient (Wildman–Crippen LogP) is 3.89. The zero-order chi connectivity index (χ0) is 21.0. The van der Waals surface area contributed by atoms with Gasteiger partial charge in [-0.15, -0.1) is 0 Å². The summed E-state index contributed by atoms with van der Waals surface area (Å²) in [6, 6.07) is 13.2. The molecule has 154 valence electrons. The van der Waals surface area contributed by atoms with Crippen LogP contribution in [0.2, 0.25) is 0 Å². The largest absolute Gasteiger partial charge is 0.325 e. The van der Waals surface area contributed by atoms with Crippen LogP contribution in [0.5, 0.6) is 0 Å². The molecule has 1 saturated heterocycles. The molecule has 0 radical (unpaired) electrons. The molecule has 8 heteroatoms. The van der Waals surface area contributed by atoms with Crippen LogP contribution in [0.15, 0.2) is 60.5 Å². The Kier molecular flexibility index (Phi) is 6.34. The molecular formula is C21H24FN3O3S. The molecule has 29 heavy (non-hydrogen) atoms. The maximum atomic E-state index is 13.4. The van der Waals surface area contributed by atoms with E-state index in [1.165, 1.54) is 16.4 Å². The maximum Gasteiger partial charge on any atom is 0.321 e. The van der Waals surface area contributed by atoms with Gasteiger partial charge in [-0.05, 0) is 48.2 Å². The summed E-state index contributed by atoms with van der Waals surface area (Å²) in [6.07, 6.45) is 1.13. The standard InChI is InChI=1S/C21H24FN3O3S/c1-3-29(27,28)25-13-11-20(12-14-25)24(2)21(26)23-19-9-7-16(8-10-19)17-5-4-6-18(22)15-17/h3-10,15,20H,1,11-14H2,2H3,(H,23,26). The highest BCUT2D eigenvalue weighted by atomic mass is 32.2. The van der Waals surface area contributed by atoms with E-state index in [9.17, 15) is 17.6 Å². The van der Waals surface area contributed by atoms with Gasteiger partial charge in [0.2, 0.25) is 10.0 Å². The molecule has 0 unspecified atom stereocenters. The van der Waals surface area contributed by atoms with Gasteiger partial charge >= 0.3 is 6.03 Å². The number of benzene rings is 2. The van der Waals surface area contributed by atoms with E-state index in [0.717, 1.165) is 16.5 Å². The minimum absolute atomic E-state index is 0.0437. The lowest BCUT2D eigenvalue weighted by Gasteiger charge is -2.35. The molecule has 0 saturated carbocycles. The Morgan fingerprint density at radius 2 is 1.83 bits per heavy atom. The molecule has 1 aliphatic rings. The maximum absolute atomic E-state index is 13.4. The molecule has 0 spiro atoms. The molecule has 1 N–H and O–H groups in total. The Morgan fingerprint density at radius 1 is 1.17 bits per heavy atom. The number of nitrogens with zero attached hydrogens (tertiary/aromatic N) is 2. The summed E-state index contributed by atoms with van der Waals surface area (Å²) in [5, 5.41) is 3.80. The van der Waals surface area contributed by atoms with Gasteiger partial charge < -0.3 is 10.2 Å². The summed E-state index contributed by atoms with van der Waals surface area (Å²) < 4.78 is 38.5. The quantitative estimate of drug-likeness (QED) is 0.802. The fraction of sp³-hybridized carbons (Fsp3) is 0.286. The van der Waals surface area contributed by atoms with Crippen LogP contribution < -0.4 is 5.32 Å². The highest BCUT2D eigenvalue weighted by molar-refractivity contribution is 7.92. The van der Waals surface area contributed by atoms with Gasteiger partial charge in [0.25, 0.3) is 0 Å². The smallest absolute Gasteiger partial charge is 0.321 e. The third kappa shape index (κ3) is 5.02. The van der Waals surface area contributed by atoms with Gasteiger partial charge in [0.1, 0.15) is 5.82 Å². The molecule has 0 atom stereocenters. The van der Waals surface area contributed by atoms with Gasteiger partial charge in [0, 0.05) is 37.3 Å². The number of carbonyl (C=O) groups excluding carboxylic acids is 1. The van der Waals surface area contributed by atoms with Crippen LogP contribution in [-0.2, 0) is 10.0 Å². The molecule has 0 aromatic heterocycles. The number of anilines is 1. The number of nitrogens with one attached hydrogen (secondary N) is 1. The average molecular weight is 418 g/mol. The van der Waals surface area contributed by atoms with Crippen molar-refractivity contribution in [3.8, 4) is 11.1 Å². The number of hydrogen-bond acceptors (Lipinski definition) is 3. The molecule has 1 fully saturated rings. The number of carbonyl (C=O) groups is 1. The summed E-state index contributed by atoms with van der Waals surface area (Å²) in [5.41, 5.74) is 2.25. The second kappa shape index (κ2) is 8.75. The molecule has 1 heterocycles. The molecule has 1 aliphatic heterocycles. The van der Waals surface area contributed by atoms with Crippen molar-refractivity contribution in [2.75, 3.05) is 25.5 Å². The first-order valence-corrected chi connectivity index (χ1v) is 10.8. The first-order valence-electron chi connectivity index (χ1n) is 9.32. The second-order valence-electron chi connectivity index (χ2n) is 6.97. The molecule has 0 bridgehead atoms. The van der Waals surface area contributed by atoms with E-state index < -0.39 is 10.0 Å². The van der Waals surface area contributed by atoms with Crippen molar-refractivity contribution in [3.63, 3.8) is 0 Å². The van der Waals surface area contributed by atoms with Crippen molar-refractivity contribution in [1.82, 2.24) is 9.21 Å². The van der Waals surface area contributed by atoms with E-state index in [0.29, 0.717) is 31.6 Å². The van der Waals surface area contributed by atoms with Crippen molar-refractivity contribution >= 4 is 21.7 Å². The van der Waals surface area contributed by atoms with Gasteiger partial charge in [-0.25, -0.2) is 17.6 Å². The second-order valence-corrected chi connectivity index (χ2v) is 8.85. The summed E-state index contributed by atoms with van der Waals surface area (Å²) in [7, 11) is -1.71. The number of urea groups is 1. The minimum Gasteiger partial charge on any atom is -0.325 e. The molecule has 2 aromatic rings. The van der Waals surface area contributed by atoms with Crippen molar-refractivity contribution < 1.29 is 17.6 Å². The van der Waals surface area contributed by atoms with Crippen LogP contribution in [0.25, 0.3) is 11.1 Å². The molecule has 2 aromatic carbocycles. The van der Waals surface area contributed by atoms with Gasteiger partial charge in [-0.2, -0.15) is 4.31 Å². The van der Waals surface area contributed by atoms with E-state index in [2.05, 4.69) is 11.9 Å². The minimum atomic E-state index is -3.41. The summed E-state index contributed by atoms with van der Waals surface area (Å²) in [6.45, 7) is 4.06. The average Bonchev–Trinajstić information content (AvgIpc) is 2.74. The van der Waals surface area contributed by atoms with Crippen molar-refractivity contribution in [1.29, 1.82) is 0 Å². The highest BCUT2D eigenvalue weighted by Crippen LogP contribution is 2.23. The van der Waals surface area contributed by atoms with E-state index in [4.69, 9.17) is 0 Å². The number of halogens is 1. The zero-order valence-electron chi connectivity index (χ0n) is 16.2. The molecule has 0 aliphatic carbocycles. The van der Waals surface area contributed by atoms with Crippen molar-refractivity contribution in [2.24, 2.45) is 0 Å². The van der Waals surface area contributed by atoms with E-state index >= 15 is 0 Å². The lowest BCUT2D eigenvalue weighted by Crippen LogP contribution is -2.47. The van der Waals surface area contributed by atoms with Gasteiger partial charge in [-0.1, -0.05) is 30.8 Å². The highest BCUT2D eigenvalue weighted by Gasteiger charge is 2.29. The van der Waals surface area contributed by atoms with Crippen LogP contribution in [0.4, 0.5) is 14.9 Å². The number of amides is 2. The SMILES string of the molecule is C=CS(=O)(=O)N1CCC(N(C)C(=O)Nc2ccc(-c3cccc(F)c3)cc2)CC1. The predicted molar refractivity (Wildman–Crippen MR) is 112 cm³/mol. The topological polar surface area (TPSA) is 69.7 Å². The van der Waals surface area contributed by atoms with E-state index in [1.54, 1.807) is 30.1 Å². The van der Waals surface area contributed by atoms with Crippen molar-refractivity contribution in [3.05, 3.63) is 66.3 Å². The third-order valence-corrected chi connectivity index (χ3v) is 6.66. The number of hydrogen-bond donors (Lipinski definition) is 1. The summed E-state index contributed by atoms with van der Waals surface area (Å²) in [4.78, 5) is 14.2. The number of rotatable bonds is 5. The fourth-order valence-electron chi connectivity index (χ4n) is 3.38. The Bertz CT molecular complexity index is 984. The monoisotopic (exact) mass is 417 g/mol. The zero-order valence-corrected chi connectivity index (χ0v) is 17.0. The Morgan fingerprint density at radius 3 is 2.41 bits per heavy atom. The van der Waals surface area contributed by atoms with Gasteiger partial charge in [0.15, 0.2) is 0 Å². The lowest BCUT2D eigenvalue weighted by molar-refractivity contribution is 0.174. The Labute approximate surface area is 170 Å². The Balaban J connectivity index is 1.58. The number of piperidine rings is 1. The number of sulfonamides is 1. The van der Waals surface area contributed by atoms with Crippen molar-refractivity contribution in [2.45, 2.75) is 18.9 Å². The fourth-order valence-corrected chi connectivity index (χ4v) is 4.31. The molecule has 2 amide bonds. The third-order valence-electron chi connectivity index (χ3n) is 5.16. The van der Waals surface area contributed by atoms with E-state index in [1.807, 2.05) is 18.2 Å². The van der Waals surface area contributed by atoms with Crippen LogP contribution in [-0.4, -0.2) is 49.8 Å². The van der Waals surface area contributed by atoms with Gasteiger partial charge in [0.05, 0.1) is 0 Å². The summed E-state index contributed by atoms with van der Waals surface area (Å²) >= 11 is 0. The van der Waals surface area contributed by atoms with Gasteiger partial charge in [-0.3, -0.25) is 0 Å². The molecule has 3 rings (SSSR count). The van der Waals surface area contributed by atoms with Crippen LogP contribution in [0.3, 0.4) is 0 Å². The van der Waals surface area contributed by atoms with Crippen LogP contribution in [0, 0.1) is 5.82 Å². The summed E-state index contributed by atoms with van der Waals surface area (Å²) in [5.74, 6) is -0.298. The lowest BCUT2D eigenvalue weighted by atomic mass is 10.1. The first kappa shape index (κ1) is 21.0. The van der Waals surface area contributed by atoms with Crippen LogP contribution >= 0.6 is 0 Å². The first-order chi connectivity index (χ1) is 13.8. The molecular weight excluding hydrogens is 393 g/mol.